The number of piperazine rings is 1. The number of aromatic nitrogens is 1. The maximum atomic E-state index is 11.9. The van der Waals surface area contributed by atoms with Crippen LogP contribution in [0.25, 0.3) is 0 Å². The minimum atomic E-state index is 0.324. The summed E-state index contributed by atoms with van der Waals surface area (Å²) in [6, 6.07) is 3.78. The highest BCUT2D eigenvalue weighted by Crippen LogP contribution is 2.31. The second-order valence-electron chi connectivity index (χ2n) is 4.92. The molecule has 1 aromatic heterocycles. The predicted molar refractivity (Wildman–Crippen MR) is 70.8 cm³/mol. The molecule has 1 saturated heterocycles. The number of nitrogens with zero attached hydrogens (tertiary/aromatic N) is 3. The molecule has 5 heteroatoms. The zero-order valence-corrected chi connectivity index (χ0v) is 10.9. The molecule has 4 nitrogen and oxygen atoms in total. The summed E-state index contributed by atoms with van der Waals surface area (Å²) < 4.78 is 0. The molecule has 1 aliphatic carbocycles. The van der Waals surface area contributed by atoms with Crippen molar-refractivity contribution >= 4 is 23.3 Å². The molecule has 3 rings (SSSR count). The third kappa shape index (κ3) is 2.43. The fourth-order valence-corrected chi connectivity index (χ4v) is 2.41. The monoisotopic (exact) mass is 265 g/mol. The molecule has 1 aliphatic heterocycles. The molecule has 0 aromatic carbocycles. The number of amides is 1. The normalized spacial score (nSPS) is 20.1. The standard InChI is InChI=1S/C13H16ClN3O/c14-11-3-4-12(15-9-11)16-5-7-17(8-6-16)13(18)10-1-2-10/h3-4,9-10H,1-2,5-8H2. The third-order valence-electron chi connectivity index (χ3n) is 3.55. The van der Waals surface area contributed by atoms with Gasteiger partial charge in [0.1, 0.15) is 5.82 Å². The molecule has 2 aliphatic rings. The molecule has 2 heterocycles. The van der Waals surface area contributed by atoms with Crippen molar-refractivity contribution in [2.75, 3.05) is 31.1 Å². The van der Waals surface area contributed by atoms with Gasteiger partial charge in [-0.15, -0.1) is 0 Å². The van der Waals surface area contributed by atoms with Crippen LogP contribution < -0.4 is 4.90 Å². The summed E-state index contributed by atoms with van der Waals surface area (Å²) in [5.41, 5.74) is 0. The highest BCUT2D eigenvalue weighted by molar-refractivity contribution is 6.30. The molecule has 0 atom stereocenters. The number of rotatable bonds is 2. The lowest BCUT2D eigenvalue weighted by Crippen LogP contribution is -2.49. The molecule has 0 radical (unpaired) electrons. The summed E-state index contributed by atoms with van der Waals surface area (Å²) in [5.74, 6) is 1.61. The minimum Gasteiger partial charge on any atom is -0.353 e. The van der Waals surface area contributed by atoms with Gasteiger partial charge < -0.3 is 9.80 Å². The second-order valence-corrected chi connectivity index (χ2v) is 5.36. The summed E-state index contributed by atoms with van der Waals surface area (Å²) in [7, 11) is 0. The van der Waals surface area contributed by atoms with Crippen molar-refractivity contribution < 1.29 is 4.79 Å². The summed E-state index contributed by atoms with van der Waals surface area (Å²) in [4.78, 5) is 20.4. The lowest BCUT2D eigenvalue weighted by Gasteiger charge is -2.35. The Hall–Kier alpha value is -1.29. The summed E-state index contributed by atoms with van der Waals surface area (Å²) >= 11 is 5.82. The van der Waals surface area contributed by atoms with E-state index in [4.69, 9.17) is 11.6 Å². The number of pyridine rings is 1. The molecule has 0 N–H and O–H groups in total. The van der Waals surface area contributed by atoms with Gasteiger partial charge in [-0.1, -0.05) is 11.6 Å². The van der Waals surface area contributed by atoms with Gasteiger partial charge in [-0.25, -0.2) is 4.98 Å². The van der Waals surface area contributed by atoms with Gasteiger partial charge >= 0.3 is 0 Å². The van der Waals surface area contributed by atoms with Crippen molar-refractivity contribution in [3.63, 3.8) is 0 Å². The molecule has 0 spiro atoms. The molecule has 2 fully saturated rings. The first-order chi connectivity index (χ1) is 8.74. The third-order valence-corrected chi connectivity index (χ3v) is 3.78. The van der Waals surface area contributed by atoms with Gasteiger partial charge in [0.25, 0.3) is 0 Å². The quantitative estimate of drug-likeness (QED) is 0.818. The fraction of sp³-hybridized carbons (Fsp3) is 0.538. The van der Waals surface area contributed by atoms with Gasteiger partial charge in [0, 0.05) is 38.3 Å². The number of hydrogen-bond donors (Lipinski definition) is 0. The topological polar surface area (TPSA) is 36.4 Å². The summed E-state index contributed by atoms with van der Waals surface area (Å²) in [6.07, 6.45) is 3.83. The van der Waals surface area contributed by atoms with Gasteiger partial charge in [0.05, 0.1) is 5.02 Å². The number of anilines is 1. The van der Waals surface area contributed by atoms with Crippen LogP contribution in [0, 0.1) is 5.92 Å². The van der Waals surface area contributed by atoms with E-state index in [1.165, 1.54) is 0 Å². The lowest BCUT2D eigenvalue weighted by atomic mass is 10.2. The molecule has 1 saturated carbocycles. The molecule has 1 aromatic rings. The fourth-order valence-electron chi connectivity index (χ4n) is 2.30. The lowest BCUT2D eigenvalue weighted by molar-refractivity contribution is -0.132. The van der Waals surface area contributed by atoms with Gasteiger partial charge in [0.15, 0.2) is 0 Å². The van der Waals surface area contributed by atoms with E-state index >= 15 is 0 Å². The predicted octanol–water partition coefficient (Wildman–Crippen LogP) is 1.79. The Labute approximate surface area is 112 Å². The molecule has 0 bridgehead atoms. The first-order valence-electron chi connectivity index (χ1n) is 6.39. The van der Waals surface area contributed by atoms with Crippen molar-refractivity contribution in [1.29, 1.82) is 0 Å². The Morgan fingerprint density at radius 3 is 2.50 bits per heavy atom. The molecule has 18 heavy (non-hydrogen) atoms. The van der Waals surface area contributed by atoms with E-state index in [2.05, 4.69) is 9.88 Å². The smallest absolute Gasteiger partial charge is 0.225 e. The van der Waals surface area contributed by atoms with E-state index in [-0.39, 0.29) is 0 Å². The SMILES string of the molecule is O=C(C1CC1)N1CCN(c2ccc(Cl)cn2)CC1. The van der Waals surface area contributed by atoms with Crippen molar-refractivity contribution in [2.24, 2.45) is 5.92 Å². The maximum absolute atomic E-state index is 11.9. The van der Waals surface area contributed by atoms with Crippen LogP contribution in [-0.4, -0.2) is 42.0 Å². The number of carbonyl (C=O) groups excluding carboxylic acids is 1. The van der Waals surface area contributed by atoms with E-state index in [1.54, 1.807) is 6.20 Å². The largest absolute Gasteiger partial charge is 0.353 e. The highest BCUT2D eigenvalue weighted by atomic mass is 35.5. The van der Waals surface area contributed by atoms with E-state index in [0.29, 0.717) is 16.8 Å². The number of hydrogen-bond acceptors (Lipinski definition) is 3. The van der Waals surface area contributed by atoms with Crippen LogP contribution in [0.4, 0.5) is 5.82 Å². The summed E-state index contributed by atoms with van der Waals surface area (Å²) in [6.45, 7) is 3.32. The number of halogens is 1. The zero-order chi connectivity index (χ0) is 12.5. The molecule has 96 valence electrons. The van der Waals surface area contributed by atoms with E-state index in [0.717, 1.165) is 44.8 Å². The molecular weight excluding hydrogens is 250 g/mol. The van der Waals surface area contributed by atoms with Gasteiger partial charge in [-0.05, 0) is 25.0 Å². The van der Waals surface area contributed by atoms with Crippen LogP contribution in [0.3, 0.4) is 0 Å². The maximum Gasteiger partial charge on any atom is 0.225 e. The number of carbonyl (C=O) groups is 1. The second kappa shape index (κ2) is 4.76. The van der Waals surface area contributed by atoms with Gasteiger partial charge in [-0.2, -0.15) is 0 Å². The van der Waals surface area contributed by atoms with Crippen LogP contribution in [0.15, 0.2) is 18.3 Å². The Kier molecular flexibility index (Phi) is 3.12. The van der Waals surface area contributed by atoms with Crippen molar-refractivity contribution in [2.45, 2.75) is 12.8 Å². The molecule has 1 amide bonds. The average molecular weight is 266 g/mol. The first-order valence-corrected chi connectivity index (χ1v) is 6.77. The average Bonchev–Trinajstić information content (AvgIpc) is 3.23. The van der Waals surface area contributed by atoms with Crippen molar-refractivity contribution in [3.05, 3.63) is 23.4 Å². The van der Waals surface area contributed by atoms with Crippen LogP contribution >= 0.6 is 11.6 Å². The zero-order valence-electron chi connectivity index (χ0n) is 10.2. The highest BCUT2D eigenvalue weighted by Gasteiger charge is 2.34. The Morgan fingerprint density at radius 2 is 1.94 bits per heavy atom. The van der Waals surface area contributed by atoms with Crippen molar-refractivity contribution in [1.82, 2.24) is 9.88 Å². The van der Waals surface area contributed by atoms with Gasteiger partial charge in [-0.3, -0.25) is 4.79 Å². The first kappa shape index (κ1) is 11.8. The van der Waals surface area contributed by atoms with Crippen LogP contribution in [-0.2, 0) is 4.79 Å². The van der Waals surface area contributed by atoms with E-state index in [1.807, 2.05) is 17.0 Å². The van der Waals surface area contributed by atoms with Crippen LogP contribution in [0.1, 0.15) is 12.8 Å². The molecule has 0 unspecified atom stereocenters. The summed E-state index contributed by atoms with van der Waals surface area (Å²) in [5, 5.41) is 0.654. The Bertz CT molecular complexity index is 436. The van der Waals surface area contributed by atoms with Gasteiger partial charge in [0.2, 0.25) is 5.91 Å². The van der Waals surface area contributed by atoms with Crippen LogP contribution in [0.2, 0.25) is 5.02 Å². The Balaban J connectivity index is 1.59. The van der Waals surface area contributed by atoms with E-state index < -0.39 is 0 Å². The van der Waals surface area contributed by atoms with Crippen molar-refractivity contribution in [3.8, 4) is 0 Å². The van der Waals surface area contributed by atoms with Crippen LogP contribution in [0.5, 0.6) is 0 Å². The minimum absolute atomic E-state index is 0.324. The van der Waals surface area contributed by atoms with E-state index in [9.17, 15) is 4.79 Å². The molecular formula is C13H16ClN3O. The Morgan fingerprint density at radius 1 is 1.22 bits per heavy atom.